The van der Waals surface area contributed by atoms with Crippen molar-refractivity contribution in [2.75, 3.05) is 13.1 Å². The van der Waals surface area contributed by atoms with Gasteiger partial charge >= 0.3 is 0 Å². The van der Waals surface area contributed by atoms with Gasteiger partial charge in [-0.15, -0.1) is 0 Å². The Balaban J connectivity index is 1.63. The van der Waals surface area contributed by atoms with Crippen molar-refractivity contribution in [1.29, 1.82) is 0 Å². The van der Waals surface area contributed by atoms with Crippen molar-refractivity contribution < 1.29 is 4.42 Å². The van der Waals surface area contributed by atoms with Crippen molar-refractivity contribution in [3.63, 3.8) is 0 Å². The van der Waals surface area contributed by atoms with Gasteiger partial charge in [0, 0.05) is 36.4 Å². The van der Waals surface area contributed by atoms with Gasteiger partial charge in [-0.2, -0.15) is 0 Å². The number of furan rings is 1. The van der Waals surface area contributed by atoms with Crippen LogP contribution in [0.3, 0.4) is 0 Å². The standard InChI is InChI=1S/C20H24N4O/c1-3-22-20(23-12-10-16-7-6-11-21-13-16)24-14-19-15(2)17-8-4-5-9-18(17)25-19/h4-9,11,13H,3,10,12,14H2,1-2H3,(H2,22,23,24). The molecule has 130 valence electrons. The molecular formula is C20H24N4O. The van der Waals surface area contributed by atoms with Crippen LogP contribution >= 0.6 is 0 Å². The van der Waals surface area contributed by atoms with Crippen molar-refractivity contribution in [2.24, 2.45) is 4.99 Å². The van der Waals surface area contributed by atoms with Gasteiger partial charge in [-0.3, -0.25) is 4.98 Å². The minimum absolute atomic E-state index is 0.517. The Hall–Kier alpha value is -2.82. The predicted molar refractivity (Wildman–Crippen MR) is 102 cm³/mol. The molecule has 2 aromatic heterocycles. The highest BCUT2D eigenvalue weighted by molar-refractivity contribution is 5.82. The van der Waals surface area contributed by atoms with Gasteiger partial charge in [0.2, 0.25) is 0 Å². The van der Waals surface area contributed by atoms with Crippen LogP contribution in [0, 0.1) is 6.92 Å². The van der Waals surface area contributed by atoms with E-state index in [0.717, 1.165) is 47.8 Å². The number of fused-ring (bicyclic) bond motifs is 1. The fourth-order valence-electron chi connectivity index (χ4n) is 2.74. The monoisotopic (exact) mass is 336 g/mol. The van der Waals surface area contributed by atoms with Crippen molar-refractivity contribution in [3.05, 3.63) is 65.7 Å². The van der Waals surface area contributed by atoms with Gasteiger partial charge in [-0.1, -0.05) is 24.3 Å². The van der Waals surface area contributed by atoms with E-state index in [2.05, 4.69) is 46.6 Å². The Morgan fingerprint density at radius 1 is 1.16 bits per heavy atom. The second-order valence-corrected chi connectivity index (χ2v) is 5.88. The van der Waals surface area contributed by atoms with Crippen molar-refractivity contribution in [3.8, 4) is 0 Å². The van der Waals surface area contributed by atoms with Crippen LogP contribution in [0.5, 0.6) is 0 Å². The van der Waals surface area contributed by atoms with Crippen LogP contribution in [-0.4, -0.2) is 24.0 Å². The molecule has 1 aromatic carbocycles. The zero-order chi connectivity index (χ0) is 17.5. The quantitative estimate of drug-likeness (QED) is 0.535. The largest absolute Gasteiger partial charge is 0.459 e. The number of aryl methyl sites for hydroxylation is 1. The number of hydrogen-bond donors (Lipinski definition) is 2. The summed E-state index contributed by atoms with van der Waals surface area (Å²) in [5, 5.41) is 7.79. The number of guanidine groups is 1. The van der Waals surface area contributed by atoms with Crippen LogP contribution in [0.15, 0.2) is 58.2 Å². The van der Waals surface area contributed by atoms with E-state index in [4.69, 9.17) is 4.42 Å². The summed E-state index contributed by atoms with van der Waals surface area (Å²) in [7, 11) is 0. The molecule has 0 bridgehead atoms. The van der Waals surface area contributed by atoms with Crippen molar-refractivity contribution in [2.45, 2.75) is 26.8 Å². The van der Waals surface area contributed by atoms with Crippen LogP contribution in [-0.2, 0) is 13.0 Å². The fourth-order valence-corrected chi connectivity index (χ4v) is 2.74. The number of pyridine rings is 1. The first-order valence-corrected chi connectivity index (χ1v) is 8.66. The number of aliphatic imine (C=N–C) groups is 1. The Labute approximate surface area is 148 Å². The van der Waals surface area contributed by atoms with E-state index < -0.39 is 0 Å². The molecule has 0 saturated carbocycles. The Morgan fingerprint density at radius 2 is 2.04 bits per heavy atom. The third kappa shape index (κ3) is 4.38. The highest BCUT2D eigenvalue weighted by Gasteiger charge is 2.09. The minimum atomic E-state index is 0.517. The van der Waals surface area contributed by atoms with Crippen LogP contribution < -0.4 is 10.6 Å². The maximum absolute atomic E-state index is 5.93. The highest BCUT2D eigenvalue weighted by Crippen LogP contribution is 2.25. The molecule has 0 aliphatic rings. The summed E-state index contributed by atoms with van der Waals surface area (Å²) < 4.78 is 5.93. The van der Waals surface area contributed by atoms with Crippen molar-refractivity contribution in [1.82, 2.24) is 15.6 Å². The van der Waals surface area contributed by atoms with E-state index in [1.807, 2.05) is 30.5 Å². The highest BCUT2D eigenvalue weighted by atomic mass is 16.3. The van der Waals surface area contributed by atoms with Gasteiger partial charge in [0.1, 0.15) is 17.9 Å². The lowest BCUT2D eigenvalue weighted by Gasteiger charge is -2.11. The van der Waals surface area contributed by atoms with E-state index in [1.165, 1.54) is 5.56 Å². The van der Waals surface area contributed by atoms with Gasteiger partial charge < -0.3 is 15.1 Å². The number of benzene rings is 1. The normalized spacial score (nSPS) is 11.7. The second kappa shape index (κ2) is 8.33. The summed E-state index contributed by atoms with van der Waals surface area (Å²) in [5.74, 6) is 1.71. The smallest absolute Gasteiger partial charge is 0.191 e. The lowest BCUT2D eigenvalue weighted by molar-refractivity contribution is 0.548. The molecule has 0 saturated heterocycles. The summed E-state index contributed by atoms with van der Waals surface area (Å²) in [6.07, 6.45) is 4.59. The molecule has 0 fully saturated rings. The summed E-state index contributed by atoms with van der Waals surface area (Å²) >= 11 is 0. The molecule has 0 spiro atoms. The van der Waals surface area contributed by atoms with Gasteiger partial charge in [-0.05, 0) is 38.0 Å². The second-order valence-electron chi connectivity index (χ2n) is 5.88. The molecule has 0 unspecified atom stereocenters. The van der Waals surface area contributed by atoms with E-state index >= 15 is 0 Å². The van der Waals surface area contributed by atoms with Crippen LogP contribution in [0.25, 0.3) is 11.0 Å². The number of hydrogen-bond acceptors (Lipinski definition) is 3. The molecule has 5 nitrogen and oxygen atoms in total. The van der Waals surface area contributed by atoms with Gasteiger partial charge in [0.05, 0.1) is 0 Å². The first-order chi connectivity index (χ1) is 12.3. The SMILES string of the molecule is CCNC(=NCc1oc2ccccc2c1C)NCCc1cccnc1. The zero-order valence-corrected chi connectivity index (χ0v) is 14.7. The van der Waals surface area contributed by atoms with Crippen LogP contribution in [0.4, 0.5) is 0 Å². The summed E-state index contributed by atoms with van der Waals surface area (Å²) in [6, 6.07) is 12.1. The molecule has 0 atom stereocenters. The molecule has 0 aliphatic carbocycles. The number of aromatic nitrogens is 1. The minimum Gasteiger partial charge on any atom is -0.459 e. The third-order valence-corrected chi connectivity index (χ3v) is 4.10. The molecule has 0 aliphatic heterocycles. The topological polar surface area (TPSA) is 62.5 Å². The molecule has 5 heteroatoms. The maximum Gasteiger partial charge on any atom is 0.191 e. The lowest BCUT2D eigenvalue weighted by Crippen LogP contribution is -2.38. The van der Waals surface area contributed by atoms with Crippen molar-refractivity contribution >= 4 is 16.9 Å². The average Bonchev–Trinajstić information content (AvgIpc) is 2.97. The molecule has 0 amide bonds. The predicted octanol–water partition coefficient (Wildman–Crippen LogP) is 3.43. The van der Waals surface area contributed by atoms with E-state index in [9.17, 15) is 0 Å². The number of nitrogens with one attached hydrogen (secondary N) is 2. The summed E-state index contributed by atoms with van der Waals surface area (Å²) in [4.78, 5) is 8.80. The third-order valence-electron chi connectivity index (χ3n) is 4.10. The van der Waals surface area contributed by atoms with E-state index in [-0.39, 0.29) is 0 Å². The lowest BCUT2D eigenvalue weighted by atomic mass is 10.1. The summed E-state index contributed by atoms with van der Waals surface area (Å²) in [5.41, 5.74) is 3.28. The Bertz CT molecular complexity index is 839. The van der Waals surface area contributed by atoms with Crippen LogP contribution in [0.1, 0.15) is 23.8 Å². The van der Waals surface area contributed by atoms with Gasteiger partial charge in [-0.25, -0.2) is 4.99 Å². The molecule has 3 aromatic rings. The van der Waals surface area contributed by atoms with Crippen LogP contribution in [0.2, 0.25) is 0 Å². The van der Waals surface area contributed by atoms with Gasteiger partial charge in [0.25, 0.3) is 0 Å². The molecule has 3 rings (SSSR count). The first-order valence-electron chi connectivity index (χ1n) is 8.66. The Kier molecular flexibility index (Phi) is 5.67. The molecule has 2 N–H and O–H groups in total. The number of rotatable bonds is 6. The molecular weight excluding hydrogens is 312 g/mol. The molecule has 25 heavy (non-hydrogen) atoms. The van der Waals surface area contributed by atoms with E-state index in [0.29, 0.717) is 6.54 Å². The molecule has 2 heterocycles. The number of nitrogens with zero attached hydrogens (tertiary/aromatic N) is 2. The molecule has 0 radical (unpaired) electrons. The summed E-state index contributed by atoms with van der Waals surface area (Å²) in [6.45, 7) is 6.28. The zero-order valence-electron chi connectivity index (χ0n) is 14.7. The first kappa shape index (κ1) is 17.0. The fraction of sp³-hybridized carbons (Fsp3) is 0.300. The number of para-hydroxylation sites is 1. The Morgan fingerprint density at radius 3 is 2.80 bits per heavy atom. The average molecular weight is 336 g/mol. The van der Waals surface area contributed by atoms with E-state index in [1.54, 1.807) is 6.20 Å². The van der Waals surface area contributed by atoms with Gasteiger partial charge in [0.15, 0.2) is 5.96 Å². The maximum atomic E-state index is 5.93.